The van der Waals surface area contributed by atoms with E-state index in [1.54, 1.807) is 6.07 Å². The fraction of sp³-hybridized carbons (Fsp3) is 0.353. The molecule has 1 fully saturated rings. The van der Waals surface area contributed by atoms with Gasteiger partial charge in [-0.1, -0.05) is 23.7 Å². The van der Waals surface area contributed by atoms with Crippen molar-refractivity contribution in [3.05, 3.63) is 59.0 Å². The summed E-state index contributed by atoms with van der Waals surface area (Å²) in [7, 11) is 0. The van der Waals surface area contributed by atoms with Crippen LogP contribution in [0.5, 0.6) is 0 Å². The molecule has 1 N–H and O–H groups in total. The maximum absolute atomic E-state index is 13.4. The predicted molar refractivity (Wildman–Crippen MR) is 87.7 cm³/mol. The van der Waals surface area contributed by atoms with Crippen molar-refractivity contribution in [2.75, 3.05) is 18.0 Å². The van der Waals surface area contributed by atoms with Crippen LogP contribution in [0.1, 0.15) is 18.4 Å². The molecular weight excluding hydrogens is 301 g/mol. The molecule has 0 bridgehead atoms. The number of piperidine rings is 1. The van der Waals surface area contributed by atoms with Crippen LogP contribution >= 0.6 is 11.6 Å². The summed E-state index contributed by atoms with van der Waals surface area (Å²) in [6, 6.07) is 11.4. The smallest absolute Gasteiger partial charge is 0.142 e. The highest BCUT2D eigenvalue weighted by Crippen LogP contribution is 2.19. The quantitative estimate of drug-likeness (QED) is 0.932. The molecule has 0 unspecified atom stereocenters. The molecule has 116 valence electrons. The Hall–Kier alpha value is -1.65. The van der Waals surface area contributed by atoms with Crippen LogP contribution in [0.2, 0.25) is 5.02 Å². The fourth-order valence-corrected chi connectivity index (χ4v) is 2.88. The van der Waals surface area contributed by atoms with Crippen LogP contribution in [0.25, 0.3) is 0 Å². The molecule has 3 rings (SSSR count). The first-order chi connectivity index (χ1) is 10.7. The molecule has 0 atom stereocenters. The Morgan fingerprint density at radius 3 is 2.73 bits per heavy atom. The fourth-order valence-electron chi connectivity index (χ4n) is 2.77. The lowest BCUT2D eigenvalue weighted by Crippen LogP contribution is -2.42. The third-order valence-electron chi connectivity index (χ3n) is 4.05. The van der Waals surface area contributed by atoms with Gasteiger partial charge in [0.1, 0.15) is 11.6 Å². The Morgan fingerprint density at radius 1 is 1.23 bits per heavy atom. The molecule has 22 heavy (non-hydrogen) atoms. The van der Waals surface area contributed by atoms with Gasteiger partial charge in [0.25, 0.3) is 0 Å². The van der Waals surface area contributed by atoms with Crippen molar-refractivity contribution in [2.45, 2.75) is 25.4 Å². The number of rotatable bonds is 4. The van der Waals surface area contributed by atoms with Crippen LogP contribution in [0, 0.1) is 5.82 Å². The average Bonchev–Trinajstić information content (AvgIpc) is 2.57. The van der Waals surface area contributed by atoms with Crippen molar-refractivity contribution in [3.8, 4) is 0 Å². The number of hydrogen-bond acceptors (Lipinski definition) is 3. The van der Waals surface area contributed by atoms with Gasteiger partial charge >= 0.3 is 0 Å². The summed E-state index contributed by atoms with van der Waals surface area (Å²) < 4.78 is 13.4. The molecule has 3 nitrogen and oxygen atoms in total. The Kier molecular flexibility index (Phi) is 4.90. The van der Waals surface area contributed by atoms with Gasteiger partial charge in [0, 0.05) is 31.9 Å². The molecule has 5 heteroatoms. The van der Waals surface area contributed by atoms with Gasteiger partial charge in [-0.15, -0.1) is 0 Å². The van der Waals surface area contributed by atoms with Crippen LogP contribution in [-0.2, 0) is 6.54 Å². The van der Waals surface area contributed by atoms with Gasteiger partial charge in [-0.2, -0.15) is 0 Å². The van der Waals surface area contributed by atoms with E-state index in [2.05, 4.69) is 15.2 Å². The van der Waals surface area contributed by atoms with Gasteiger partial charge < -0.3 is 10.2 Å². The molecule has 1 saturated heterocycles. The highest BCUT2D eigenvalue weighted by Gasteiger charge is 2.19. The van der Waals surface area contributed by atoms with E-state index < -0.39 is 0 Å². The van der Waals surface area contributed by atoms with Crippen LogP contribution in [0.15, 0.2) is 42.6 Å². The molecule has 0 spiro atoms. The number of nitrogens with one attached hydrogen (secondary N) is 1. The Labute approximate surface area is 135 Å². The lowest BCUT2D eigenvalue weighted by molar-refractivity contribution is 0.412. The standard InChI is InChI=1S/C17H19ClFN3/c18-15-5-4-13(11-16(15)19)12-21-14-6-9-22(10-7-14)17-3-1-2-8-20-17/h1-5,8,11,14,21H,6-7,9-10,12H2. The molecular formula is C17H19ClFN3. The molecule has 1 aromatic heterocycles. The van der Waals surface area contributed by atoms with Crippen molar-refractivity contribution >= 4 is 17.4 Å². The van der Waals surface area contributed by atoms with Gasteiger partial charge in [0.2, 0.25) is 0 Å². The van der Waals surface area contributed by atoms with Gasteiger partial charge in [-0.3, -0.25) is 0 Å². The summed E-state index contributed by atoms with van der Waals surface area (Å²) >= 11 is 5.70. The minimum Gasteiger partial charge on any atom is -0.357 e. The van der Waals surface area contributed by atoms with Crippen molar-refractivity contribution < 1.29 is 4.39 Å². The van der Waals surface area contributed by atoms with Crippen LogP contribution < -0.4 is 10.2 Å². The van der Waals surface area contributed by atoms with Crippen molar-refractivity contribution in [1.82, 2.24) is 10.3 Å². The minimum absolute atomic E-state index is 0.174. The van der Waals surface area contributed by atoms with Crippen LogP contribution in [0.4, 0.5) is 10.2 Å². The number of halogens is 2. The van der Waals surface area contributed by atoms with Crippen LogP contribution in [-0.4, -0.2) is 24.1 Å². The van der Waals surface area contributed by atoms with Crippen molar-refractivity contribution in [1.29, 1.82) is 0 Å². The highest BCUT2D eigenvalue weighted by atomic mass is 35.5. The lowest BCUT2D eigenvalue weighted by Gasteiger charge is -2.33. The molecule has 0 aliphatic carbocycles. The Balaban J connectivity index is 1.49. The van der Waals surface area contributed by atoms with E-state index in [9.17, 15) is 4.39 Å². The maximum atomic E-state index is 13.4. The molecule has 0 amide bonds. The molecule has 0 radical (unpaired) electrons. The zero-order chi connectivity index (χ0) is 15.4. The van der Waals surface area contributed by atoms with Crippen molar-refractivity contribution in [2.24, 2.45) is 0 Å². The molecule has 2 aromatic rings. The summed E-state index contributed by atoms with van der Waals surface area (Å²) in [5.41, 5.74) is 0.925. The minimum atomic E-state index is -0.356. The average molecular weight is 320 g/mol. The number of benzene rings is 1. The van der Waals surface area contributed by atoms with Gasteiger partial charge in [-0.05, 0) is 42.7 Å². The third-order valence-corrected chi connectivity index (χ3v) is 4.35. The van der Waals surface area contributed by atoms with E-state index in [0.29, 0.717) is 12.6 Å². The van der Waals surface area contributed by atoms with Crippen molar-refractivity contribution in [3.63, 3.8) is 0 Å². The van der Waals surface area contributed by atoms with Gasteiger partial charge in [0.15, 0.2) is 0 Å². The molecule has 2 heterocycles. The second-order valence-electron chi connectivity index (χ2n) is 5.58. The topological polar surface area (TPSA) is 28.2 Å². The normalized spacial score (nSPS) is 16.0. The first-order valence-corrected chi connectivity index (χ1v) is 7.93. The Morgan fingerprint density at radius 2 is 2.05 bits per heavy atom. The number of aromatic nitrogens is 1. The van der Waals surface area contributed by atoms with E-state index in [1.807, 2.05) is 30.5 Å². The largest absolute Gasteiger partial charge is 0.357 e. The van der Waals surface area contributed by atoms with Gasteiger partial charge in [-0.25, -0.2) is 9.37 Å². The second kappa shape index (κ2) is 7.07. The molecule has 1 aliphatic rings. The summed E-state index contributed by atoms with van der Waals surface area (Å²) in [6.45, 7) is 2.65. The highest BCUT2D eigenvalue weighted by molar-refractivity contribution is 6.30. The monoisotopic (exact) mass is 319 g/mol. The first-order valence-electron chi connectivity index (χ1n) is 7.55. The predicted octanol–water partition coefficient (Wildman–Crippen LogP) is 3.63. The molecule has 1 aromatic carbocycles. The maximum Gasteiger partial charge on any atom is 0.142 e. The zero-order valence-corrected chi connectivity index (χ0v) is 13.1. The molecule has 0 saturated carbocycles. The van der Waals surface area contributed by atoms with E-state index in [4.69, 9.17) is 11.6 Å². The second-order valence-corrected chi connectivity index (χ2v) is 5.99. The number of pyridine rings is 1. The number of hydrogen-bond donors (Lipinski definition) is 1. The summed E-state index contributed by atoms with van der Waals surface area (Å²) in [4.78, 5) is 6.70. The summed E-state index contributed by atoms with van der Waals surface area (Å²) in [5.74, 6) is 0.687. The lowest BCUT2D eigenvalue weighted by atomic mass is 10.0. The first kappa shape index (κ1) is 15.3. The Bertz CT molecular complexity index is 613. The summed E-state index contributed by atoms with van der Waals surface area (Å²) in [6.07, 6.45) is 3.95. The zero-order valence-electron chi connectivity index (χ0n) is 12.3. The van der Waals surface area contributed by atoms with Gasteiger partial charge in [0.05, 0.1) is 5.02 Å². The number of anilines is 1. The summed E-state index contributed by atoms with van der Waals surface area (Å²) in [5, 5.41) is 3.67. The SMILES string of the molecule is Fc1cc(CNC2CCN(c3ccccn3)CC2)ccc1Cl. The van der Waals surface area contributed by atoms with E-state index in [-0.39, 0.29) is 10.8 Å². The van der Waals surface area contributed by atoms with E-state index in [0.717, 1.165) is 37.3 Å². The van der Waals surface area contributed by atoms with Crippen LogP contribution in [0.3, 0.4) is 0 Å². The third kappa shape index (κ3) is 3.76. The van der Waals surface area contributed by atoms with E-state index >= 15 is 0 Å². The van der Waals surface area contributed by atoms with E-state index in [1.165, 1.54) is 6.07 Å². The molecule has 1 aliphatic heterocycles. The number of nitrogens with zero attached hydrogens (tertiary/aromatic N) is 2.